The maximum Gasteiger partial charge on any atom is 0.278 e. The molecule has 1 N–H and O–H groups in total. The molecule has 190 valence electrons. The molecule has 0 spiro atoms. The zero-order valence-electron chi connectivity index (χ0n) is 20.1. The summed E-state index contributed by atoms with van der Waals surface area (Å²) < 4.78 is 29.0. The number of carbonyl (C=O) groups is 1. The van der Waals surface area contributed by atoms with Crippen molar-refractivity contribution in [1.82, 2.24) is 9.58 Å². The topological polar surface area (TPSA) is 87.5 Å². The second kappa shape index (κ2) is 7.97. The van der Waals surface area contributed by atoms with Gasteiger partial charge < -0.3 is 24.4 Å². The van der Waals surface area contributed by atoms with Gasteiger partial charge in [-0.2, -0.15) is 0 Å². The van der Waals surface area contributed by atoms with Gasteiger partial charge in [-0.25, -0.2) is 4.39 Å². The maximum absolute atomic E-state index is 15.5. The Morgan fingerprint density at radius 1 is 1.03 bits per heavy atom. The first-order valence-electron chi connectivity index (χ1n) is 12.4. The van der Waals surface area contributed by atoms with E-state index in [4.69, 9.17) is 9.47 Å². The van der Waals surface area contributed by atoms with Gasteiger partial charge in [-0.05, 0) is 24.6 Å². The van der Waals surface area contributed by atoms with Crippen molar-refractivity contribution in [2.24, 2.45) is 0 Å². The normalized spacial score (nSPS) is 23.9. The number of rotatable bonds is 1. The van der Waals surface area contributed by atoms with Crippen LogP contribution in [0.2, 0.25) is 0 Å². The highest BCUT2D eigenvalue weighted by molar-refractivity contribution is 5.96. The van der Waals surface area contributed by atoms with Crippen LogP contribution in [0, 0.1) is 5.82 Å². The fourth-order valence-electron chi connectivity index (χ4n) is 6.09. The predicted octanol–water partition coefficient (Wildman–Crippen LogP) is 2.33. The summed E-state index contributed by atoms with van der Waals surface area (Å²) in [5.41, 5.74) is 2.28. The highest BCUT2D eigenvalue weighted by atomic mass is 19.1. The van der Waals surface area contributed by atoms with Crippen LogP contribution in [0.1, 0.15) is 40.1 Å². The van der Waals surface area contributed by atoms with Crippen molar-refractivity contribution in [2.75, 3.05) is 36.3 Å². The van der Waals surface area contributed by atoms with Gasteiger partial charge in [0.05, 0.1) is 24.9 Å². The number of hydrogen-bond donors (Lipinski definition) is 1. The van der Waals surface area contributed by atoms with E-state index >= 15 is 4.39 Å². The Morgan fingerprint density at radius 3 is 2.70 bits per heavy atom. The van der Waals surface area contributed by atoms with Crippen LogP contribution >= 0.6 is 0 Å². The number of amides is 1. The predicted molar refractivity (Wildman–Crippen MR) is 132 cm³/mol. The molecule has 3 aromatic rings. The number of fused-ring (bicyclic) bond motifs is 3. The van der Waals surface area contributed by atoms with Crippen LogP contribution in [-0.4, -0.2) is 59.2 Å². The highest BCUT2D eigenvalue weighted by Gasteiger charge is 2.47. The van der Waals surface area contributed by atoms with Gasteiger partial charge in [0.25, 0.3) is 5.91 Å². The first kappa shape index (κ1) is 22.2. The number of halogens is 1. The van der Waals surface area contributed by atoms with E-state index in [1.165, 1.54) is 23.0 Å². The first-order valence-corrected chi connectivity index (χ1v) is 12.4. The zero-order valence-corrected chi connectivity index (χ0v) is 20.1. The molecule has 4 aliphatic rings. The van der Waals surface area contributed by atoms with Crippen LogP contribution in [0.15, 0.2) is 53.5 Å². The van der Waals surface area contributed by atoms with E-state index in [1.54, 1.807) is 11.0 Å². The van der Waals surface area contributed by atoms with Gasteiger partial charge in [-0.3, -0.25) is 19.3 Å². The summed E-state index contributed by atoms with van der Waals surface area (Å²) in [5.74, 6) is -0.657. The molecule has 4 aliphatic heterocycles. The number of nitrogens with zero attached hydrogens (tertiary/aromatic N) is 4. The first-order chi connectivity index (χ1) is 18.0. The minimum atomic E-state index is -0.635. The third kappa shape index (κ3) is 3.05. The molecule has 1 amide bonds. The van der Waals surface area contributed by atoms with Gasteiger partial charge >= 0.3 is 0 Å². The standard InChI is InChI=1S/C27H25FN4O5/c1-15-13-37-21-7-3-5-17-23(16-4-2-6-19(28)18(16)12-30(15)24(17)21)32-22-14-36-11-10-29(22)27(35)25-26(34)20(33)8-9-31(25)32/h2-9,15,22-23,34H,10-14H2,1H3. The Bertz CT molecular complexity index is 1510. The van der Waals surface area contributed by atoms with Crippen LogP contribution in [-0.2, 0) is 11.3 Å². The third-order valence-electron chi connectivity index (χ3n) is 7.84. The summed E-state index contributed by atoms with van der Waals surface area (Å²) in [7, 11) is 0. The number of carbonyl (C=O) groups excluding carboxylic acids is 1. The zero-order chi connectivity index (χ0) is 25.4. The molecular weight excluding hydrogens is 479 g/mol. The van der Waals surface area contributed by atoms with E-state index in [0.717, 1.165) is 16.8 Å². The molecule has 0 aliphatic carbocycles. The van der Waals surface area contributed by atoms with Gasteiger partial charge in [-0.15, -0.1) is 0 Å². The van der Waals surface area contributed by atoms with Crippen LogP contribution < -0.4 is 20.1 Å². The molecule has 5 heterocycles. The van der Waals surface area contributed by atoms with E-state index in [-0.39, 0.29) is 24.2 Å². The van der Waals surface area contributed by atoms with Crippen LogP contribution in [0.5, 0.6) is 11.5 Å². The Balaban J connectivity index is 1.56. The molecule has 0 saturated carbocycles. The van der Waals surface area contributed by atoms with Crippen molar-refractivity contribution in [3.05, 3.63) is 87.1 Å². The average Bonchev–Trinajstić information content (AvgIpc) is 3.05. The van der Waals surface area contributed by atoms with Crippen LogP contribution in [0.4, 0.5) is 10.1 Å². The van der Waals surface area contributed by atoms with Gasteiger partial charge in [0.1, 0.15) is 30.4 Å². The lowest BCUT2D eigenvalue weighted by molar-refractivity contribution is -0.0197. The van der Waals surface area contributed by atoms with Gasteiger partial charge in [0, 0.05) is 36.5 Å². The van der Waals surface area contributed by atoms with Gasteiger partial charge in [0.2, 0.25) is 5.43 Å². The van der Waals surface area contributed by atoms with Crippen molar-refractivity contribution in [2.45, 2.75) is 31.7 Å². The van der Waals surface area contributed by atoms with Crippen molar-refractivity contribution >= 4 is 11.6 Å². The number of aromatic nitrogens is 1. The Kier molecular flexibility index (Phi) is 4.78. The van der Waals surface area contributed by atoms with Crippen LogP contribution in [0.3, 0.4) is 0 Å². The lowest BCUT2D eigenvalue weighted by Crippen LogP contribution is -2.66. The third-order valence-corrected chi connectivity index (χ3v) is 7.84. The average molecular weight is 505 g/mol. The number of para-hydroxylation sites is 1. The number of morpholine rings is 1. The monoisotopic (exact) mass is 504 g/mol. The molecular formula is C27H25FN4O5. The molecule has 37 heavy (non-hydrogen) atoms. The SMILES string of the molecule is CC1COc2cccc3c2N1Cc1c(F)cccc1C3N1C2COCCN2C(=O)c2c(O)c(=O)ccn21. The minimum Gasteiger partial charge on any atom is -0.502 e. The second-order valence-corrected chi connectivity index (χ2v) is 9.85. The van der Waals surface area contributed by atoms with Crippen LogP contribution in [0.25, 0.3) is 0 Å². The molecule has 10 heteroatoms. The fourth-order valence-corrected chi connectivity index (χ4v) is 6.09. The summed E-state index contributed by atoms with van der Waals surface area (Å²) in [6.07, 6.45) is 0.943. The maximum atomic E-state index is 15.5. The van der Waals surface area contributed by atoms with E-state index in [0.29, 0.717) is 37.6 Å². The van der Waals surface area contributed by atoms with E-state index in [2.05, 4.69) is 11.8 Å². The van der Waals surface area contributed by atoms with E-state index in [1.807, 2.05) is 29.3 Å². The molecule has 3 unspecified atom stereocenters. The van der Waals surface area contributed by atoms with Gasteiger partial charge in [-0.1, -0.05) is 24.3 Å². The summed E-state index contributed by atoms with van der Waals surface area (Å²) in [5, 5.41) is 12.7. The van der Waals surface area contributed by atoms with Gasteiger partial charge in [0.15, 0.2) is 11.4 Å². The number of ether oxygens (including phenoxy) is 2. The number of aromatic hydroxyl groups is 1. The molecule has 9 nitrogen and oxygen atoms in total. The molecule has 1 aromatic heterocycles. The van der Waals surface area contributed by atoms with Crippen molar-refractivity contribution in [1.29, 1.82) is 0 Å². The highest BCUT2D eigenvalue weighted by Crippen LogP contribution is 2.48. The smallest absolute Gasteiger partial charge is 0.278 e. The summed E-state index contributed by atoms with van der Waals surface area (Å²) >= 11 is 0. The minimum absolute atomic E-state index is 0.00399. The lowest BCUT2D eigenvalue weighted by atomic mass is 9.92. The summed E-state index contributed by atoms with van der Waals surface area (Å²) in [6, 6.07) is 11.5. The van der Waals surface area contributed by atoms with Crippen molar-refractivity contribution in [3.63, 3.8) is 0 Å². The Labute approximate surface area is 211 Å². The second-order valence-electron chi connectivity index (χ2n) is 9.85. The molecule has 0 bridgehead atoms. The van der Waals surface area contributed by atoms with Crippen molar-refractivity contribution < 1.29 is 23.8 Å². The number of hydrogen-bond acceptors (Lipinski definition) is 7. The quantitative estimate of drug-likeness (QED) is 0.544. The Morgan fingerprint density at radius 2 is 1.84 bits per heavy atom. The van der Waals surface area contributed by atoms with Crippen molar-refractivity contribution in [3.8, 4) is 11.5 Å². The lowest BCUT2D eigenvalue weighted by Gasteiger charge is -2.51. The fraction of sp³-hybridized carbons (Fsp3) is 0.333. The molecule has 1 fully saturated rings. The number of pyridine rings is 1. The molecule has 7 rings (SSSR count). The number of anilines is 1. The van der Waals surface area contributed by atoms with E-state index < -0.39 is 29.3 Å². The largest absolute Gasteiger partial charge is 0.502 e. The molecule has 3 atom stereocenters. The van der Waals surface area contributed by atoms with E-state index in [9.17, 15) is 14.7 Å². The molecule has 1 saturated heterocycles. The summed E-state index contributed by atoms with van der Waals surface area (Å²) in [6.45, 7) is 3.73. The number of benzene rings is 2. The summed E-state index contributed by atoms with van der Waals surface area (Å²) in [4.78, 5) is 29.7. The molecule has 0 radical (unpaired) electrons. The molecule has 2 aromatic carbocycles. The Hall–Kier alpha value is -4.05.